The van der Waals surface area contributed by atoms with Crippen LogP contribution < -0.4 is 10.1 Å². The summed E-state index contributed by atoms with van der Waals surface area (Å²) >= 11 is 12.3. The van der Waals surface area contributed by atoms with Gasteiger partial charge in [0.05, 0.1) is 11.6 Å². The zero-order chi connectivity index (χ0) is 14.8. The molecule has 2 aromatic rings. The Morgan fingerprint density at radius 1 is 1.29 bits per heavy atom. The molecule has 1 N–H and O–H groups in total. The Bertz CT molecular complexity index is 634. The molecule has 0 saturated heterocycles. The number of fused-ring (bicyclic) bond motifs is 1. The lowest BCUT2D eigenvalue weighted by Gasteiger charge is -2.30. The largest absolute Gasteiger partial charge is 0.492 e. The maximum atomic E-state index is 6.22. The van der Waals surface area contributed by atoms with E-state index in [1.165, 1.54) is 5.56 Å². The molecule has 2 unspecified atom stereocenters. The van der Waals surface area contributed by atoms with Crippen LogP contribution in [0.25, 0.3) is 0 Å². The van der Waals surface area contributed by atoms with Gasteiger partial charge >= 0.3 is 0 Å². The highest BCUT2D eigenvalue weighted by atomic mass is 35.5. The molecule has 0 spiro atoms. The molecule has 1 aliphatic heterocycles. The molecule has 0 saturated carbocycles. The Morgan fingerprint density at radius 2 is 2.05 bits per heavy atom. The first-order valence-electron chi connectivity index (χ1n) is 6.93. The molecule has 5 heteroatoms. The molecule has 1 aromatic carbocycles. The third-order valence-electron chi connectivity index (χ3n) is 3.72. The number of hydrogen-bond donors (Lipinski definition) is 1. The third-order valence-corrected chi connectivity index (χ3v) is 4.22. The van der Waals surface area contributed by atoms with Crippen LogP contribution in [0.1, 0.15) is 36.6 Å². The fourth-order valence-corrected chi connectivity index (χ4v) is 3.21. The van der Waals surface area contributed by atoms with E-state index in [1.807, 2.05) is 18.2 Å². The monoisotopic (exact) mass is 322 g/mol. The van der Waals surface area contributed by atoms with Gasteiger partial charge in [0.15, 0.2) is 0 Å². The first-order chi connectivity index (χ1) is 10.1. The second-order valence-corrected chi connectivity index (χ2v) is 6.01. The van der Waals surface area contributed by atoms with Crippen LogP contribution in [-0.2, 0) is 0 Å². The van der Waals surface area contributed by atoms with Crippen LogP contribution in [0.2, 0.25) is 10.0 Å². The van der Waals surface area contributed by atoms with Crippen LogP contribution in [-0.4, -0.2) is 11.6 Å². The van der Waals surface area contributed by atoms with Crippen LogP contribution in [0.3, 0.4) is 0 Å². The Morgan fingerprint density at radius 3 is 2.81 bits per heavy atom. The van der Waals surface area contributed by atoms with E-state index < -0.39 is 0 Å². The number of halogens is 2. The van der Waals surface area contributed by atoms with Crippen LogP contribution in [0.5, 0.6) is 5.75 Å². The number of benzene rings is 1. The molecule has 1 aromatic heterocycles. The van der Waals surface area contributed by atoms with Crippen molar-refractivity contribution in [1.29, 1.82) is 0 Å². The molecule has 21 heavy (non-hydrogen) atoms. The fraction of sp³-hybridized carbons (Fsp3) is 0.312. The Kier molecular flexibility index (Phi) is 4.34. The van der Waals surface area contributed by atoms with Crippen LogP contribution >= 0.6 is 23.2 Å². The van der Waals surface area contributed by atoms with Crippen molar-refractivity contribution in [3.8, 4) is 5.75 Å². The highest BCUT2D eigenvalue weighted by Crippen LogP contribution is 2.40. The van der Waals surface area contributed by atoms with E-state index in [0.29, 0.717) is 16.7 Å². The molecule has 3 rings (SSSR count). The van der Waals surface area contributed by atoms with E-state index in [4.69, 9.17) is 27.9 Å². The minimum Gasteiger partial charge on any atom is -0.492 e. The van der Waals surface area contributed by atoms with Crippen molar-refractivity contribution in [1.82, 2.24) is 10.3 Å². The van der Waals surface area contributed by atoms with Gasteiger partial charge in [0.25, 0.3) is 0 Å². The number of pyridine rings is 1. The topological polar surface area (TPSA) is 34.1 Å². The van der Waals surface area contributed by atoms with E-state index in [9.17, 15) is 0 Å². The van der Waals surface area contributed by atoms with Gasteiger partial charge in [-0.05, 0) is 36.8 Å². The molecule has 0 radical (unpaired) electrons. The van der Waals surface area contributed by atoms with Gasteiger partial charge in [-0.15, -0.1) is 0 Å². The predicted octanol–water partition coefficient (Wildman–Crippen LogP) is 4.56. The summed E-state index contributed by atoms with van der Waals surface area (Å²) in [7, 11) is 0. The Hall–Kier alpha value is -1.29. The molecule has 0 aliphatic carbocycles. The molecule has 2 atom stereocenters. The SMILES string of the molecule is CC(NC1CCOc2c(Cl)cc(Cl)cc21)c1ccncc1. The van der Waals surface area contributed by atoms with Crippen molar-refractivity contribution in [3.05, 3.63) is 57.8 Å². The zero-order valence-electron chi connectivity index (χ0n) is 11.6. The lowest BCUT2D eigenvalue weighted by molar-refractivity contribution is 0.246. The Balaban J connectivity index is 1.85. The second kappa shape index (κ2) is 6.22. The molecule has 110 valence electrons. The molecular formula is C16H16Cl2N2O. The van der Waals surface area contributed by atoms with E-state index in [-0.39, 0.29) is 12.1 Å². The van der Waals surface area contributed by atoms with E-state index >= 15 is 0 Å². The molecule has 3 nitrogen and oxygen atoms in total. The lowest BCUT2D eigenvalue weighted by atomic mass is 9.98. The van der Waals surface area contributed by atoms with Crippen molar-refractivity contribution >= 4 is 23.2 Å². The quantitative estimate of drug-likeness (QED) is 0.899. The summed E-state index contributed by atoms with van der Waals surface area (Å²) in [5.74, 6) is 0.742. The predicted molar refractivity (Wildman–Crippen MR) is 85.1 cm³/mol. The Labute approximate surface area is 134 Å². The number of ether oxygens (including phenoxy) is 1. The average Bonchev–Trinajstić information content (AvgIpc) is 2.49. The number of nitrogens with one attached hydrogen (secondary N) is 1. The van der Waals surface area contributed by atoms with Crippen LogP contribution in [0, 0.1) is 0 Å². The van der Waals surface area contributed by atoms with E-state index in [1.54, 1.807) is 18.5 Å². The molecule has 0 amide bonds. The van der Waals surface area contributed by atoms with Gasteiger partial charge in [-0.2, -0.15) is 0 Å². The van der Waals surface area contributed by atoms with Crippen molar-refractivity contribution < 1.29 is 4.74 Å². The van der Waals surface area contributed by atoms with Gasteiger partial charge in [0.2, 0.25) is 0 Å². The zero-order valence-corrected chi connectivity index (χ0v) is 13.2. The lowest BCUT2D eigenvalue weighted by Crippen LogP contribution is -2.29. The first-order valence-corrected chi connectivity index (χ1v) is 7.68. The summed E-state index contributed by atoms with van der Waals surface area (Å²) in [6, 6.07) is 8.07. The van der Waals surface area contributed by atoms with Gasteiger partial charge in [-0.3, -0.25) is 4.98 Å². The smallest absolute Gasteiger partial charge is 0.142 e. The van der Waals surface area contributed by atoms with Gasteiger partial charge in [-0.1, -0.05) is 23.2 Å². The van der Waals surface area contributed by atoms with Crippen molar-refractivity contribution in [2.24, 2.45) is 0 Å². The fourth-order valence-electron chi connectivity index (χ4n) is 2.65. The van der Waals surface area contributed by atoms with E-state index in [0.717, 1.165) is 17.7 Å². The standard InChI is InChI=1S/C16H16Cl2N2O/c1-10(11-2-5-19-6-3-11)20-15-4-7-21-16-13(15)8-12(17)9-14(16)18/h2-3,5-6,8-10,15,20H,4,7H2,1H3. The highest BCUT2D eigenvalue weighted by molar-refractivity contribution is 6.35. The number of hydrogen-bond acceptors (Lipinski definition) is 3. The average molecular weight is 323 g/mol. The number of nitrogens with zero attached hydrogens (tertiary/aromatic N) is 1. The third kappa shape index (κ3) is 3.15. The molecule has 0 bridgehead atoms. The second-order valence-electron chi connectivity index (χ2n) is 5.16. The normalized spacial score (nSPS) is 18.7. The number of rotatable bonds is 3. The molecule has 0 fully saturated rings. The van der Waals surface area contributed by atoms with Gasteiger partial charge in [-0.25, -0.2) is 0 Å². The van der Waals surface area contributed by atoms with Gasteiger partial charge in [0, 0.05) is 41.5 Å². The number of aromatic nitrogens is 1. The van der Waals surface area contributed by atoms with Gasteiger partial charge < -0.3 is 10.1 Å². The van der Waals surface area contributed by atoms with Crippen molar-refractivity contribution in [3.63, 3.8) is 0 Å². The minimum absolute atomic E-state index is 0.174. The summed E-state index contributed by atoms with van der Waals surface area (Å²) < 4.78 is 5.69. The summed E-state index contributed by atoms with van der Waals surface area (Å²) in [5, 5.41) is 4.82. The maximum Gasteiger partial charge on any atom is 0.142 e. The van der Waals surface area contributed by atoms with Gasteiger partial charge in [0.1, 0.15) is 5.75 Å². The maximum absolute atomic E-state index is 6.22. The summed E-state index contributed by atoms with van der Waals surface area (Å²) in [4.78, 5) is 4.05. The van der Waals surface area contributed by atoms with Crippen LogP contribution in [0.4, 0.5) is 0 Å². The van der Waals surface area contributed by atoms with E-state index in [2.05, 4.69) is 17.2 Å². The van der Waals surface area contributed by atoms with Crippen molar-refractivity contribution in [2.75, 3.05) is 6.61 Å². The van der Waals surface area contributed by atoms with Crippen molar-refractivity contribution in [2.45, 2.75) is 25.4 Å². The van der Waals surface area contributed by atoms with Crippen LogP contribution in [0.15, 0.2) is 36.7 Å². The minimum atomic E-state index is 0.174. The molecule has 1 aliphatic rings. The first kappa shape index (κ1) is 14.6. The molecule has 2 heterocycles. The summed E-state index contributed by atoms with van der Waals surface area (Å²) in [6.45, 7) is 2.78. The summed E-state index contributed by atoms with van der Waals surface area (Å²) in [5.41, 5.74) is 2.23. The molecular weight excluding hydrogens is 307 g/mol. The highest BCUT2D eigenvalue weighted by Gasteiger charge is 2.25. The summed E-state index contributed by atoms with van der Waals surface area (Å²) in [6.07, 6.45) is 4.50.